The number of halogens is 1. The minimum absolute atomic E-state index is 0.0676. The number of aromatic amines is 1. The maximum absolute atomic E-state index is 13.6. The molecule has 0 bridgehead atoms. The number of benzene rings is 2. The first kappa shape index (κ1) is 26.0. The van der Waals surface area contributed by atoms with Crippen molar-refractivity contribution in [2.24, 2.45) is 0 Å². The molecule has 3 aromatic rings. The number of carbonyl (C=O) groups is 1. The van der Waals surface area contributed by atoms with Gasteiger partial charge in [0.2, 0.25) is 11.1 Å². The Morgan fingerprint density at radius 2 is 2.08 bits per heavy atom. The van der Waals surface area contributed by atoms with Crippen LogP contribution >= 0.6 is 27.7 Å². The van der Waals surface area contributed by atoms with Gasteiger partial charge < -0.3 is 9.47 Å². The number of nitrogens with one attached hydrogen (secondary N) is 1. The summed E-state index contributed by atoms with van der Waals surface area (Å²) in [5.41, 5.74) is 2.13. The third-order valence-corrected chi connectivity index (χ3v) is 6.82. The van der Waals surface area contributed by atoms with Crippen molar-refractivity contribution in [1.29, 1.82) is 0 Å². The van der Waals surface area contributed by atoms with Gasteiger partial charge in [0.15, 0.2) is 11.5 Å². The van der Waals surface area contributed by atoms with Gasteiger partial charge in [-0.1, -0.05) is 43.5 Å². The van der Waals surface area contributed by atoms with Crippen LogP contribution in [0, 0.1) is 0 Å². The van der Waals surface area contributed by atoms with E-state index in [-0.39, 0.29) is 11.5 Å². The number of ether oxygens (including phenoxy) is 2. The topological polar surface area (TPSA) is 88.4 Å². The molecule has 1 N–H and O–H groups in total. The number of carbonyl (C=O) groups excluding carboxylic acids is 1. The van der Waals surface area contributed by atoms with Crippen LogP contribution in [0.3, 0.4) is 0 Å². The van der Waals surface area contributed by atoms with Crippen molar-refractivity contribution >= 4 is 39.3 Å². The van der Waals surface area contributed by atoms with Crippen LogP contribution in [-0.4, -0.2) is 35.5 Å². The van der Waals surface area contributed by atoms with E-state index < -0.39 is 6.17 Å². The molecule has 0 aliphatic carbocycles. The smallest absolute Gasteiger partial charge is 0.325 e. The fraction of sp³-hybridized carbons (Fsp3) is 0.308. The van der Waals surface area contributed by atoms with Gasteiger partial charge in [-0.15, -0.1) is 0 Å². The maximum atomic E-state index is 13.6. The van der Waals surface area contributed by atoms with Gasteiger partial charge in [0, 0.05) is 11.5 Å². The van der Waals surface area contributed by atoms with Crippen LogP contribution in [0.5, 0.6) is 11.5 Å². The average molecular weight is 573 g/mol. The van der Waals surface area contributed by atoms with Crippen molar-refractivity contribution in [3.05, 3.63) is 69.4 Å². The number of H-pyrrole nitrogens is 1. The number of para-hydroxylation sites is 1. The molecule has 36 heavy (non-hydrogen) atoms. The number of rotatable bonds is 9. The summed E-state index contributed by atoms with van der Waals surface area (Å²) >= 11 is 4.95. The number of amides is 1. The Labute approximate surface area is 222 Å². The first-order chi connectivity index (χ1) is 17.4. The van der Waals surface area contributed by atoms with Gasteiger partial charge in [-0.3, -0.25) is 14.6 Å². The second kappa shape index (κ2) is 11.3. The number of thioether (sulfide) groups is 1. The van der Waals surface area contributed by atoms with Crippen molar-refractivity contribution in [2.75, 3.05) is 24.4 Å². The van der Waals surface area contributed by atoms with E-state index in [2.05, 4.69) is 27.5 Å². The molecule has 0 spiro atoms. The second-order valence-corrected chi connectivity index (χ2v) is 9.67. The lowest BCUT2D eigenvalue weighted by Crippen LogP contribution is -2.60. The SMILES string of the molecule is C=CCOc1c(Br)cc(C2N(C(=O)CCC)c3ccccc3-c3c(=O)[nH]c(SC)n[n+]32)cc1OCC. The van der Waals surface area contributed by atoms with E-state index in [4.69, 9.17) is 14.6 Å². The number of nitrogens with zero attached hydrogens (tertiary/aromatic N) is 3. The Hall–Kier alpha value is -3.11. The lowest BCUT2D eigenvalue weighted by molar-refractivity contribution is -0.763. The summed E-state index contributed by atoms with van der Waals surface area (Å²) < 4.78 is 14.1. The monoisotopic (exact) mass is 571 g/mol. The van der Waals surface area contributed by atoms with E-state index >= 15 is 0 Å². The highest BCUT2D eigenvalue weighted by molar-refractivity contribution is 9.10. The summed E-state index contributed by atoms with van der Waals surface area (Å²) in [6.07, 6.45) is 3.81. The number of anilines is 1. The molecule has 2 aromatic carbocycles. The van der Waals surface area contributed by atoms with E-state index in [1.807, 2.05) is 56.5 Å². The normalized spacial score (nSPS) is 14.1. The maximum Gasteiger partial charge on any atom is 0.325 e. The summed E-state index contributed by atoms with van der Waals surface area (Å²) in [6, 6.07) is 11.1. The predicted molar refractivity (Wildman–Crippen MR) is 144 cm³/mol. The second-order valence-electron chi connectivity index (χ2n) is 8.02. The van der Waals surface area contributed by atoms with Crippen molar-refractivity contribution in [1.82, 2.24) is 10.1 Å². The molecule has 10 heteroatoms. The van der Waals surface area contributed by atoms with Crippen LogP contribution in [0.4, 0.5) is 5.69 Å². The molecule has 0 saturated heterocycles. The first-order valence-corrected chi connectivity index (χ1v) is 13.7. The summed E-state index contributed by atoms with van der Waals surface area (Å²) in [6.45, 7) is 8.30. The van der Waals surface area contributed by atoms with Crippen LogP contribution in [0.25, 0.3) is 11.3 Å². The largest absolute Gasteiger partial charge is 0.490 e. The summed E-state index contributed by atoms with van der Waals surface area (Å²) in [5.74, 6) is 0.988. The molecular formula is C26H28BrN4O4S+. The Bertz CT molecular complexity index is 1360. The highest BCUT2D eigenvalue weighted by atomic mass is 79.9. The molecule has 188 valence electrons. The molecule has 1 atom stereocenters. The van der Waals surface area contributed by atoms with Gasteiger partial charge in [0.1, 0.15) is 6.61 Å². The van der Waals surface area contributed by atoms with E-state index in [9.17, 15) is 9.59 Å². The number of hydrogen-bond donors (Lipinski definition) is 1. The summed E-state index contributed by atoms with van der Waals surface area (Å²) in [5, 5.41) is 5.20. The van der Waals surface area contributed by atoms with E-state index in [0.29, 0.717) is 69.7 Å². The Morgan fingerprint density at radius 3 is 2.78 bits per heavy atom. The van der Waals surface area contributed by atoms with Gasteiger partial charge in [0.05, 0.1) is 27.9 Å². The van der Waals surface area contributed by atoms with Crippen molar-refractivity contribution in [2.45, 2.75) is 38.0 Å². The van der Waals surface area contributed by atoms with Crippen molar-refractivity contribution in [3.8, 4) is 22.8 Å². The zero-order valence-electron chi connectivity index (χ0n) is 20.4. The standard InChI is InChI=1S/C26H27BrN4O4S/c1-5-10-21(32)30-19-12-9-8-11-17(19)22-24(33)28-26(36-4)29-31(22)25(30)16-14-18(27)23(35-13-6-2)20(15-16)34-7-3/h6,8-9,11-12,14-15,25H,2,5,7,10,13H2,1,3-4H3/p+1. The molecule has 1 aliphatic heterocycles. The Balaban J connectivity index is 2.03. The summed E-state index contributed by atoms with van der Waals surface area (Å²) in [4.78, 5) is 31.5. The fourth-order valence-electron chi connectivity index (χ4n) is 4.25. The molecule has 8 nitrogen and oxygen atoms in total. The van der Waals surface area contributed by atoms with E-state index in [1.54, 1.807) is 15.7 Å². The third kappa shape index (κ3) is 4.79. The molecule has 4 rings (SSSR count). The lowest BCUT2D eigenvalue weighted by atomic mass is 10.0. The van der Waals surface area contributed by atoms with Crippen LogP contribution in [-0.2, 0) is 4.79 Å². The van der Waals surface area contributed by atoms with Crippen LogP contribution in [0.15, 0.2) is 63.5 Å². The van der Waals surface area contributed by atoms with Gasteiger partial charge in [-0.05, 0) is 64.5 Å². The van der Waals surface area contributed by atoms with Crippen LogP contribution < -0.4 is 24.6 Å². The highest BCUT2D eigenvalue weighted by Crippen LogP contribution is 2.42. The number of aromatic nitrogens is 3. The fourth-order valence-corrected chi connectivity index (χ4v) is 5.19. The minimum Gasteiger partial charge on any atom is -0.490 e. The predicted octanol–water partition coefficient (Wildman–Crippen LogP) is 4.87. The Morgan fingerprint density at radius 1 is 1.31 bits per heavy atom. The van der Waals surface area contributed by atoms with Gasteiger partial charge in [-0.2, -0.15) is 0 Å². The first-order valence-electron chi connectivity index (χ1n) is 11.7. The minimum atomic E-state index is -0.717. The van der Waals surface area contributed by atoms with E-state index in [1.165, 1.54) is 11.8 Å². The molecule has 1 aliphatic rings. The highest BCUT2D eigenvalue weighted by Gasteiger charge is 2.46. The number of hydrogen-bond acceptors (Lipinski definition) is 6. The molecule has 0 fully saturated rings. The quantitative estimate of drug-likeness (QED) is 0.224. The zero-order valence-corrected chi connectivity index (χ0v) is 22.8. The van der Waals surface area contributed by atoms with Crippen molar-refractivity contribution in [3.63, 3.8) is 0 Å². The molecule has 0 saturated carbocycles. The molecule has 1 unspecified atom stereocenters. The van der Waals surface area contributed by atoms with Gasteiger partial charge >= 0.3 is 11.3 Å². The van der Waals surface area contributed by atoms with Crippen LogP contribution in [0.2, 0.25) is 0 Å². The third-order valence-electron chi connectivity index (χ3n) is 5.66. The van der Waals surface area contributed by atoms with Gasteiger partial charge in [0.25, 0.3) is 6.17 Å². The van der Waals surface area contributed by atoms with Crippen LogP contribution in [0.1, 0.15) is 38.4 Å². The Kier molecular flexibility index (Phi) is 8.15. The molecule has 2 heterocycles. The van der Waals surface area contributed by atoms with E-state index in [0.717, 1.165) is 0 Å². The zero-order chi connectivity index (χ0) is 25.8. The molecule has 1 amide bonds. The lowest BCUT2D eigenvalue weighted by Gasteiger charge is -2.32. The summed E-state index contributed by atoms with van der Waals surface area (Å²) in [7, 11) is 0. The number of fused-ring (bicyclic) bond motifs is 3. The molecule has 0 radical (unpaired) electrons. The van der Waals surface area contributed by atoms with Crippen molar-refractivity contribution < 1.29 is 19.0 Å². The molecular weight excluding hydrogens is 544 g/mol. The average Bonchev–Trinajstić information content (AvgIpc) is 2.87. The van der Waals surface area contributed by atoms with Gasteiger partial charge in [-0.25, -0.2) is 4.90 Å². The molecule has 1 aromatic heterocycles.